The van der Waals surface area contributed by atoms with Crippen molar-refractivity contribution in [1.29, 1.82) is 0 Å². The van der Waals surface area contributed by atoms with Crippen LogP contribution >= 0.6 is 0 Å². The fourth-order valence-corrected chi connectivity index (χ4v) is 6.09. The SMILES string of the molecule is [2H]c1c([2H])c([2H])c2c(ccc3c2c2cc4c(cc2n3-c2ccc3cc(-c5ccccc5)ccc3c2)[nH]c2c([2H])c([2H])c([2H])c([2H])c24)c1[2H]. The number of hydrogen-bond donors (Lipinski definition) is 1. The lowest BCUT2D eigenvalue weighted by Gasteiger charge is -2.11. The predicted molar refractivity (Wildman–Crippen MR) is 171 cm³/mol. The summed E-state index contributed by atoms with van der Waals surface area (Å²) in [6, 6.07) is 28.4. The topological polar surface area (TPSA) is 20.7 Å². The molecule has 0 bridgehead atoms. The zero-order valence-corrected chi connectivity index (χ0v) is 21.1. The van der Waals surface area contributed by atoms with Crippen LogP contribution in [-0.2, 0) is 0 Å². The highest BCUT2D eigenvalue weighted by Gasteiger charge is 2.17. The van der Waals surface area contributed by atoms with Crippen LogP contribution < -0.4 is 0 Å². The van der Waals surface area contributed by atoms with Crippen molar-refractivity contribution in [3.05, 3.63) is 139 Å². The molecule has 2 heteroatoms. The summed E-state index contributed by atoms with van der Waals surface area (Å²) < 4.78 is 70.3. The molecule has 0 aliphatic carbocycles. The van der Waals surface area contributed by atoms with Gasteiger partial charge in [-0.3, -0.25) is 0 Å². The Morgan fingerprint density at radius 2 is 1.27 bits per heavy atom. The third-order valence-electron chi connectivity index (χ3n) is 7.92. The van der Waals surface area contributed by atoms with Crippen molar-refractivity contribution >= 4 is 65.2 Å². The molecule has 0 spiro atoms. The Labute approximate surface area is 242 Å². The van der Waals surface area contributed by atoms with Gasteiger partial charge in [-0.05, 0) is 75.1 Å². The van der Waals surface area contributed by atoms with Crippen LogP contribution in [0.15, 0.2) is 139 Å². The standard InChI is InChI=1S/C38H24N2/c1-2-8-24(9-3-1)26-14-15-28-21-29(18-16-27(28)20-26)40-36-19-17-25-10-4-5-11-30(25)38(36)33-22-32-31-12-6-7-13-34(31)39-35(32)23-37(33)40/h1-23,39H/i4D,5D,6D,7D,10D,11D,12D,13D. The minimum Gasteiger partial charge on any atom is -0.354 e. The van der Waals surface area contributed by atoms with E-state index in [0.29, 0.717) is 43.4 Å². The number of aromatic nitrogens is 2. The van der Waals surface area contributed by atoms with E-state index in [1.807, 2.05) is 42.5 Å². The Kier molecular flexibility index (Phi) is 3.09. The van der Waals surface area contributed by atoms with Crippen LogP contribution in [0.25, 0.3) is 82.0 Å². The minimum absolute atomic E-state index is 0.115. The number of nitrogens with zero attached hydrogens (tertiary/aromatic N) is 1. The van der Waals surface area contributed by atoms with Gasteiger partial charge in [0.05, 0.1) is 22.0 Å². The van der Waals surface area contributed by atoms with Gasteiger partial charge in [-0.25, -0.2) is 0 Å². The van der Waals surface area contributed by atoms with Crippen molar-refractivity contribution in [1.82, 2.24) is 9.55 Å². The molecule has 40 heavy (non-hydrogen) atoms. The summed E-state index contributed by atoms with van der Waals surface area (Å²) in [6.07, 6.45) is 0. The highest BCUT2D eigenvalue weighted by molar-refractivity contribution is 6.25. The van der Waals surface area contributed by atoms with Gasteiger partial charge in [-0.1, -0.05) is 96.9 Å². The van der Waals surface area contributed by atoms with Crippen molar-refractivity contribution < 1.29 is 11.0 Å². The van der Waals surface area contributed by atoms with Gasteiger partial charge < -0.3 is 9.55 Å². The first-order chi connectivity index (χ1) is 23.1. The average molecular weight is 517 g/mol. The molecule has 0 atom stereocenters. The first-order valence-electron chi connectivity index (χ1n) is 17.1. The fraction of sp³-hybridized carbons (Fsp3) is 0. The number of para-hydroxylation sites is 1. The summed E-state index contributed by atoms with van der Waals surface area (Å²) in [5.74, 6) is 0. The average Bonchev–Trinajstić information content (AvgIpc) is 3.65. The van der Waals surface area contributed by atoms with Crippen molar-refractivity contribution in [2.24, 2.45) is 0 Å². The molecule has 1 N–H and O–H groups in total. The van der Waals surface area contributed by atoms with Crippen molar-refractivity contribution in [3.8, 4) is 16.8 Å². The Balaban J connectivity index is 1.42. The number of nitrogens with one attached hydrogen (secondary N) is 1. The molecule has 2 aromatic heterocycles. The van der Waals surface area contributed by atoms with Crippen LogP contribution in [0.4, 0.5) is 0 Å². The van der Waals surface area contributed by atoms with Gasteiger partial charge in [0.25, 0.3) is 0 Å². The lowest BCUT2D eigenvalue weighted by Crippen LogP contribution is -1.94. The third kappa shape index (κ3) is 3.05. The summed E-state index contributed by atoms with van der Waals surface area (Å²) in [5.41, 5.74) is 5.56. The molecular weight excluding hydrogens is 484 g/mol. The Morgan fingerprint density at radius 3 is 2.20 bits per heavy atom. The van der Waals surface area contributed by atoms with Gasteiger partial charge in [0, 0.05) is 38.3 Å². The molecule has 0 amide bonds. The fourth-order valence-electron chi connectivity index (χ4n) is 6.09. The van der Waals surface area contributed by atoms with Crippen LogP contribution in [0.2, 0.25) is 0 Å². The molecule has 0 saturated heterocycles. The van der Waals surface area contributed by atoms with E-state index in [0.717, 1.165) is 38.6 Å². The molecule has 2 nitrogen and oxygen atoms in total. The zero-order chi connectivity index (χ0) is 33.2. The van der Waals surface area contributed by atoms with E-state index in [4.69, 9.17) is 11.0 Å². The summed E-state index contributed by atoms with van der Waals surface area (Å²) in [5, 5.41) is 5.24. The molecule has 186 valence electrons. The molecule has 0 aliphatic rings. The molecule has 0 unspecified atom stereocenters. The number of H-pyrrole nitrogens is 1. The summed E-state index contributed by atoms with van der Waals surface area (Å²) in [6.45, 7) is 0. The predicted octanol–water partition coefficient (Wildman–Crippen LogP) is 10.4. The van der Waals surface area contributed by atoms with Crippen molar-refractivity contribution in [3.63, 3.8) is 0 Å². The highest BCUT2D eigenvalue weighted by Crippen LogP contribution is 2.40. The Hall–Kier alpha value is -5.34. The van der Waals surface area contributed by atoms with Gasteiger partial charge >= 0.3 is 0 Å². The molecule has 9 aromatic rings. The van der Waals surface area contributed by atoms with E-state index >= 15 is 0 Å². The molecular formula is C38H24N2. The maximum atomic E-state index is 8.97. The zero-order valence-electron chi connectivity index (χ0n) is 29.1. The molecule has 0 radical (unpaired) electrons. The van der Waals surface area contributed by atoms with Crippen LogP contribution in [-0.4, -0.2) is 9.55 Å². The molecule has 9 rings (SSSR count). The van der Waals surface area contributed by atoms with Crippen molar-refractivity contribution in [2.45, 2.75) is 0 Å². The second-order valence-electron chi connectivity index (χ2n) is 10.1. The van der Waals surface area contributed by atoms with Gasteiger partial charge in [0.15, 0.2) is 0 Å². The van der Waals surface area contributed by atoms with Crippen LogP contribution in [0.1, 0.15) is 11.0 Å². The second-order valence-corrected chi connectivity index (χ2v) is 10.1. The smallest absolute Gasteiger partial charge is 0.0645 e. The van der Waals surface area contributed by atoms with E-state index in [1.165, 1.54) is 0 Å². The van der Waals surface area contributed by atoms with Crippen molar-refractivity contribution in [2.75, 3.05) is 0 Å². The van der Waals surface area contributed by atoms with Crippen LogP contribution in [0, 0.1) is 0 Å². The number of rotatable bonds is 2. The Morgan fingerprint density at radius 1 is 0.500 bits per heavy atom. The lowest BCUT2D eigenvalue weighted by molar-refractivity contribution is 1.19. The number of aromatic amines is 1. The van der Waals surface area contributed by atoms with E-state index in [2.05, 4.69) is 52.0 Å². The summed E-state index contributed by atoms with van der Waals surface area (Å²) >= 11 is 0. The van der Waals surface area contributed by atoms with Crippen LogP contribution in [0.5, 0.6) is 0 Å². The van der Waals surface area contributed by atoms with Gasteiger partial charge in [0.1, 0.15) is 0 Å². The maximum absolute atomic E-state index is 8.97. The molecule has 2 heterocycles. The maximum Gasteiger partial charge on any atom is 0.0645 e. The largest absolute Gasteiger partial charge is 0.354 e. The quantitative estimate of drug-likeness (QED) is 0.236. The van der Waals surface area contributed by atoms with E-state index < -0.39 is 0 Å². The van der Waals surface area contributed by atoms with E-state index in [9.17, 15) is 0 Å². The molecule has 7 aromatic carbocycles. The number of hydrogen-bond acceptors (Lipinski definition) is 0. The third-order valence-corrected chi connectivity index (χ3v) is 7.92. The first-order valence-corrected chi connectivity index (χ1v) is 13.1. The summed E-state index contributed by atoms with van der Waals surface area (Å²) in [4.78, 5) is 3.25. The van der Waals surface area contributed by atoms with Crippen LogP contribution in [0.3, 0.4) is 0 Å². The monoisotopic (exact) mass is 516 g/mol. The molecule has 0 saturated carbocycles. The Bertz CT molecular complexity index is 2870. The van der Waals surface area contributed by atoms with E-state index in [-0.39, 0.29) is 48.3 Å². The minimum atomic E-state index is -0.318. The normalized spacial score (nSPS) is 14.8. The lowest BCUT2D eigenvalue weighted by atomic mass is 10.0. The number of fused-ring (bicyclic) bond motifs is 9. The second kappa shape index (κ2) is 8.08. The van der Waals surface area contributed by atoms with Gasteiger partial charge in [0.2, 0.25) is 0 Å². The van der Waals surface area contributed by atoms with E-state index in [1.54, 1.807) is 6.07 Å². The van der Waals surface area contributed by atoms with Gasteiger partial charge in [-0.15, -0.1) is 0 Å². The molecule has 0 aliphatic heterocycles. The first kappa shape index (κ1) is 15.3. The number of benzene rings is 7. The molecule has 0 fully saturated rings. The van der Waals surface area contributed by atoms with Gasteiger partial charge in [-0.2, -0.15) is 0 Å². The highest BCUT2D eigenvalue weighted by atomic mass is 15.0. The summed E-state index contributed by atoms with van der Waals surface area (Å²) in [7, 11) is 0.